The van der Waals surface area contributed by atoms with Crippen LogP contribution < -0.4 is 10.0 Å². The Morgan fingerprint density at radius 1 is 1.18 bits per heavy atom. The van der Waals surface area contributed by atoms with Gasteiger partial charge in [-0.05, 0) is 61.2 Å². The van der Waals surface area contributed by atoms with Crippen molar-refractivity contribution in [3.05, 3.63) is 53.1 Å². The number of nitrogens with one attached hydrogen (secondary N) is 2. The number of likely N-dealkylation sites (tertiary alicyclic amines) is 1. The largest absolute Gasteiger partial charge is 0.378 e. The van der Waals surface area contributed by atoms with E-state index in [0.717, 1.165) is 16.8 Å². The van der Waals surface area contributed by atoms with Crippen LogP contribution in [0, 0.1) is 11.6 Å². The van der Waals surface area contributed by atoms with E-state index in [0.29, 0.717) is 36.7 Å². The third-order valence-electron chi connectivity index (χ3n) is 6.17. The molecule has 0 aliphatic carbocycles. The molecule has 0 bridgehead atoms. The first-order valence-corrected chi connectivity index (χ1v) is 14.2. The van der Waals surface area contributed by atoms with Crippen LogP contribution in [-0.2, 0) is 9.53 Å². The molecule has 1 amide bonds. The van der Waals surface area contributed by atoms with Crippen LogP contribution in [0.15, 0.2) is 46.2 Å². The molecule has 38 heavy (non-hydrogen) atoms. The summed E-state index contributed by atoms with van der Waals surface area (Å²) >= 11 is 8.68. The van der Waals surface area contributed by atoms with E-state index in [1.807, 2.05) is 4.90 Å². The van der Waals surface area contributed by atoms with E-state index in [-0.39, 0.29) is 29.0 Å². The lowest BCUT2D eigenvalue weighted by molar-refractivity contribution is -0.160. The second-order valence-electron chi connectivity index (χ2n) is 9.28. The number of carbonyl (C=O) groups is 1. The highest BCUT2D eigenvalue weighted by Crippen LogP contribution is 2.33. The Balaban J connectivity index is 1.35. The Labute approximate surface area is 231 Å². The fourth-order valence-electron chi connectivity index (χ4n) is 4.01. The first kappa shape index (κ1) is 29.3. The maximum atomic E-state index is 15.1. The molecule has 2 aliphatic rings. The molecule has 2 aromatic carbocycles. The van der Waals surface area contributed by atoms with Gasteiger partial charge in [-0.25, -0.2) is 22.0 Å². The fraction of sp³-hybridized carbons (Fsp3) is 0.480. The number of alkyl halides is 3. The Bertz CT molecular complexity index is 1080. The third kappa shape index (κ3) is 8.38. The molecule has 2 heterocycles. The zero-order chi connectivity index (χ0) is 27.3. The van der Waals surface area contributed by atoms with E-state index >= 15 is 4.39 Å². The smallest absolute Gasteiger partial charge is 0.271 e. The topological polar surface area (TPSA) is 53.6 Å². The molecule has 2 fully saturated rings. The van der Waals surface area contributed by atoms with Crippen LogP contribution in [0.2, 0.25) is 5.02 Å². The van der Waals surface area contributed by atoms with Gasteiger partial charge in [-0.2, -0.15) is 0 Å². The van der Waals surface area contributed by atoms with E-state index < -0.39 is 43.0 Å². The molecule has 5 nitrogen and oxygen atoms in total. The van der Waals surface area contributed by atoms with Crippen molar-refractivity contribution in [2.75, 3.05) is 37.3 Å². The van der Waals surface area contributed by atoms with Crippen LogP contribution in [-0.4, -0.2) is 67.0 Å². The minimum atomic E-state index is -2.94. The highest BCUT2D eigenvalue weighted by molar-refractivity contribution is 7.99. The summed E-state index contributed by atoms with van der Waals surface area (Å²) in [6.07, 6.45) is -1.77. The summed E-state index contributed by atoms with van der Waals surface area (Å²) in [5.74, 6) is -3.96. The number of anilines is 1. The number of carbonyl (C=O) groups excluding carboxylic acids is 1. The standard InChI is InChI=1S/C25H27ClF5N3O2S2/c26-20-9-19(38-33-24(35)22-5-7-25(30,31)14-36-22)10-21(29)23(20)32-17(6-8-34-11-16(28)12-34)13-37-18-3-1-15(27)2-4-18/h1-4,9-10,16-17,22,32H,5-8,11-14H2,(H,33,35). The van der Waals surface area contributed by atoms with Gasteiger partial charge in [0, 0.05) is 47.6 Å². The van der Waals surface area contributed by atoms with E-state index in [1.54, 1.807) is 12.1 Å². The van der Waals surface area contributed by atoms with Crippen LogP contribution in [0.5, 0.6) is 0 Å². The number of thioether (sulfide) groups is 1. The molecule has 0 spiro atoms. The maximum Gasteiger partial charge on any atom is 0.271 e. The Hall–Kier alpha value is -1.73. The zero-order valence-corrected chi connectivity index (χ0v) is 22.6. The molecule has 2 aromatic rings. The Kier molecular flexibility index (Phi) is 10.1. The third-order valence-corrected chi connectivity index (χ3v) is 8.41. The molecule has 4 rings (SSSR count). The monoisotopic (exact) mass is 595 g/mol. The lowest BCUT2D eigenvalue weighted by atomic mass is 10.1. The second-order valence-corrected chi connectivity index (χ2v) is 11.7. The summed E-state index contributed by atoms with van der Waals surface area (Å²) in [7, 11) is 0. The van der Waals surface area contributed by atoms with Gasteiger partial charge in [0.25, 0.3) is 11.8 Å². The van der Waals surface area contributed by atoms with Crippen LogP contribution in [0.3, 0.4) is 0 Å². The molecule has 208 valence electrons. The SMILES string of the molecule is O=C(NSc1cc(F)c(NC(CCN2CC(F)C2)CSc2ccc(F)cc2)c(Cl)c1)C1CCC(F)(F)CO1. The molecule has 2 unspecified atom stereocenters. The maximum absolute atomic E-state index is 15.1. The van der Waals surface area contributed by atoms with Crippen molar-refractivity contribution in [1.82, 2.24) is 9.62 Å². The fourth-order valence-corrected chi connectivity index (χ4v) is 5.99. The van der Waals surface area contributed by atoms with Gasteiger partial charge in [-0.3, -0.25) is 14.4 Å². The van der Waals surface area contributed by atoms with Gasteiger partial charge in [-0.15, -0.1) is 11.8 Å². The van der Waals surface area contributed by atoms with Crippen molar-refractivity contribution in [1.29, 1.82) is 0 Å². The van der Waals surface area contributed by atoms with E-state index in [4.69, 9.17) is 16.3 Å². The lowest BCUT2D eigenvalue weighted by Crippen LogP contribution is -2.49. The van der Waals surface area contributed by atoms with Crippen LogP contribution in [0.1, 0.15) is 19.3 Å². The molecule has 0 aromatic heterocycles. The minimum absolute atomic E-state index is 0.0943. The van der Waals surface area contributed by atoms with Crippen molar-refractivity contribution in [3.8, 4) is 0 Å². The van der Waals surface area contributed by atoms with Crippen LogP contribution in [0.25, 0.3) is 0 Å². The molecule has 2 aliphatic heterocycles. The first-order chi connectivity index (χ1) is 18.1. The molecular weight excluding hydrogens is 569 g/mol. The normalized spacial score (nSPS) is 20.5. The molecule has 0 radical (unpaired) electrons. The molecule has 0 saturated carbocycles. The number of nitrogens with zero attached hydrogens (tertiary/aromatic N) is 1. The lowest BCUT2D eigenvalue weighted by Gasteiger charge is -2.35. The predicted molar refractivity (Wildman–Crippen MR) is 140 cm³/mol. The number of rotatable bonds is 11. The number of hydrogen-bond acceptors (Lipinski definition) is 6. The summed E-state index contributed by atoms with van der Waals surface area (Å²) in [4.78, 5) is 15.4. The average Bonchev–Trinajstić information content (AvgIpc) is 2.85. The summed E-state index contributed by atoms with van der Waals surface area (Å²) in [5.41, 5.74) is 0.0943. The number of hydrogen-bond donors (Lipinski definition) is 2. The highest BCUT2D eigenvalue weighted by Gasteiger charge is 2.38. The van der Waals surface area contributed by atoms with Crippen molar-refractivity contribution < 1.29 is 31.5 Å². The number of benzene rings is 2. The van der Waals surface area contributed by atoms with Gasteiger partial charge in [0.05, 0.1) is 10.7 Å². The molecule has 2 saturated heterocycles. The second kappa shape index (κ2) is 13.1. The minimum Gasteiger partial charge on any atom is -0.378 e. The summed E-state index contributed by atoms with van der Waals surface area (Å²) in [6, 6.07) is 8.54. The summed E-state index contributed by atoms with van der Waals surface area (Å²) in [6.45, 7) is 0.553. The van der Waals surface area contributed by atoms with Crippen LogP contribution >= 0.6 is 35.3 Å². The Morgan fingerprint density at radius 2 is 1.92 bits per heavy atom. The predicted octanol–water partition coefficient (Wildman–Crippen LogP) is 6.17. The van der Waals surface area contributed by atoms with Gasteiger partial charge < -0.3 is 10.1 Å². The molecule has 2 atom stereocenters. The van der Waals surface area contributed by atoms with Gasteiger partial charge in [0.1, 0.15) is 30.5 Å². The van der Waals surface area contributed by atoms with Gasteiger partial charge in [0.15, 0.2) is 0 Å². The van der Waals surface area contributed by atoms with Crippen molar-refractivity contribution in [3.63, 3.8) is 0 Å². The van der Waals surface area contributed by atoms with Gasteiger partial charge in [-0.1, -0.05) is 11.6 Å². The summed E-state index contributed by atoms with van der Waals surface area (Å²) < 4.78 is 75.4. The first-order valence-electron chi connectivity index (χ1n) is 12.0. The Morgan fingerprint density at radius 3 is 2.55 bits per heavy atom. The average molecular weight is 596 g/mol. The van der Waals surface area contributed by atoms with E-state index in [9.17, 15) is 22.4 Å². The number of halogens is 6. The molecular formula is C25H27ClF5N3O2S2. The quantitative estimate of drug-likeness (QED) is 0.184. The van der Waals surface area contributed by atoms with Crippen molar-refractivity contribution in [2.45, 2.75) is 53.3 Å². The summed E-state index contributed by atoms with van der Waals surface area (Å²) in [5, 5.41) is 3.25. The van der Waals surface area contributed by atoms with E-state index in [1.165, 1.54) is 36.0 Å². The highest BCUT2D eigenvalue weighted by atomic mass is 35.5. The van der Waals surface area contributed by atoms with E-state index in [2.05, 4.69) is 10.0 Å². The van der Waals surface area contributed by atoms with Crippen LogP contribution in [0.4, 0.5) is 27.6 Å². The van der Waals surface area contributed by atoms with Gasteiger partial charge >= 0.3 is 0 Å². The molecule has 2 N–H and O–H groups in total. The number of ether oxygens (including phenoxy) is 1. The van der Waals surface area contributed by atoms with Crippen molar-refractivity contribution in [2.24, 2.45) is 0 Å². The number of amides is 1. The van der Waals surface area contributed by atoms with Crippen molar-refractivity contribution >= 4 is 46.9 Å². The van der Waals surface area contributed by atoms with Gasteiger partial charge in [0.2, 0.25) is 0 Å². The molecule has 13 heteroatoms. The zero-order valence-electron chi connectivity index (χ0n) is 20.2.